The average Bonchev–Trinajstić information content (AvgIpc) is 2.33. The van der Waals surface area contributed by atoms with E-state index < -0.39 is 0 Å². The molecule has 0 N–H and O–H groups in total. The van der Waals surface area contributed by atoms with E-state index in [0.717, 1.165) is 45.8 Å². The van der Waals surface area contributed by atoms with Crippen molar-refractivity contribution in [1.82, 2.24) is 9.80 Å². The second-order valence-electron chi connectivity index (χ2n) is 6.78. The van der Waals surface area contributed by atoms with Crippen LogP contribution in [0.5, 0.6) is 0 Å². The number of carbonyl (C=O) groups excluding carboxylic acids is 1. The van der Waals surface area contributed by atoms with E-state index in [-0.39, 0.29) is 10.9 Å². The summed E-state index contributed by atoms with van der Waals surface area (Å²) in [6.07, 6.45) is 1.67. The SMILES string of the molecule is CC(S)OCCCN1CCN(C(=O)CC(C)(C)C)CC1. The second kappa shape index (κ2) is 8.25. The van der Waals surface area contributed by atoms with Crippen LogP contribution in [-0.2, 0) is 9.53 Å². The number of carbonyl (C=O) groups is 1. The van der Waals surface area contributed by atoms with E-state index in [1.165, 1.54) is 0 Å². The lowest BCUT2D eigenvalue weighted by molar-refractivity contribution is -0.134. The van der Waals surface area contributed by atoms with Crippen LogP contribution < -0.4 is 0 Å². The molecule has 0 aliphatic carbocycles. The maximum atomic E-state index is 12.1. The van der Waals surface area contributed by atoms with Crippen LogP contribution in [0.1, 0.15) is 40.5 Å². The minimum Gasteiger partial charge on any atom is -0.368 e. The quantitative estimate of drug-likeness (QED) is 0.464. The largest absolute Gasteiger partial charge is 0.368 e. The standard InChI is InChI=1S/C15H30N2O2S/c1-13(20)19-11-5-6-16-7-9-17(10-8-16)14(18)12-15(2,3)4/h13,20H,5-12H2,1-4H3. The zero-order valence-corrected chi connectivity index (χ0v) is 14.3. The first kappa shape index (κ1) is 17.8. The molecule has 118 valence electrons. The van der Waals surface area contributed by atoms with Crippen molar-refractivity contribution in [1.29, 1.82) is 0 Å². The van der Waals surface area contributed by atoms with Crippen LogP contribution in [0.25, 0.3) is 0 Å². The molecular weight excluding hydrogens is 272 g/mol. The highest BCUT2D eigenvalue weighted by atomic mass is 32.1. The summed E-state index contributed by atoms with van der Waals surface area (Å²) in [5, 5.41) is 0. The van der Waals surface area contributed by atoms with Crippen LogP contribution in [0.3, 0.4) is 0 Å². The fourth-order valence-corrected chi connectivity index (χ4v) is 2.43. The summed E-state index contributed by atoms with van der Waals surface area (Å²) < 4.78 is 5.42. The normalized spacial score (nSPS) is 19.1. The lowest BCUT2D eigenvalue weighted by Crippen LogP contribution is -2.49. The minimum atomic E-state index is 0.0156. The summed E-state index contributed by atoms with van der Waals surface area (Å²) in [6.45, 7) is 13.8. The third kappa shape index (κ3) is 7.50. The lowest BCUT2D eigenvalue weighted by Gasteiger charge is -2.36. The zero-order valence-electron chi connectivity index (χ0n) is 13.4. The molecule has 4 nitrogen and oxygen atoms in total. The van der Waals surface area contributed by atoms with E-state index in [4.69, 9.17) is 4.74 Å². The van der Waals surface area contributed by atoms with Gasteiger partial charge in [-0.15, -0.1) is 12.6 Å². The molecule has 0 bridgehead atoms. The first-order valence-electron chi connectivity index (χ1n) is 7.58. The Morgan fingerprint density at radius 3 is 2.35 bits per heavy atom. The number of hydrogen-bond donors (Lipinski definition) is 1. The second-order valence-corrected chi connectivity index (χ2v) is 7.51. The van der Waals surface area contributed by atoms with Crippen molar-refractivity contribution in [2.75, 3.05) is 39.3 Å². The Hall–Kier alpha value is -0.260. The molecule has 0 spiro atoms. The van der Waals surface area contributed by atoms with Gasteiger partial charge >= 0.3 is 0 Å². The number of nitrogens with zero attached hydrogens (tertiary/aromatic N) is 2. The first-order valence-corrected chi connectivity index (χ1v) is 8.09. The third-order valence-corrected chi connectivity index (χ3v) is 3.53. The Morgan fingerprint density at radius 2 is 1.85 bits per heavy atom. The fourth-order valence-electron chi connectivity index (χ4n) is 2.33. The van der Waals surface area contributed by atoms with Crippen LogP contribution in [0.4, 0.5) is 0 Å². The number of hydrogen-bond acceptors (Lipinski definition) is 4. The van der Waals surface area contributed by atoms with Crippen molar-refractivity contribution >= 4 is 18.5 Å². The van der Waals surface area contributed by atoms with Gasteiger partial charge in [-0.1, -0.05) is 20.8 Å². The molecule has 1 rings (SSSR count). The molecule has 5 heteroatoms. The van der Waals surface area contributed by atoms with Crippen molar-refractivity contribution in [3.63, 3.8) is 0 Å². The molecule has 1 aliphatic rings. The summed E-state index contributed by atoms with van der Waals surface area (Å²) in [5.41, 5.74) is 0.0941. The van der Waals surface area contributed by atoms with Crippen molar-refractivity contribution in [2.45, 2.75) is 46.0 Å². The molecule has 0 radical (unpaired) electrons. The maximum Gasteiger partial charge on any atom is 0.223 e. The Labute approximate surface area is 129 Å². The molecular formula is C15H30N2O2S. The van der Waals surface area contributed by atoms with E-state index >= 15 is 0 Å². The molecule has 1 atom stereocenters. The smallest absolute Gasteiger partial charge is 0.223 e. The van der Waals surface area contributed by atoms with Gasteiger partial charge in [0.2, 0.25) is 5.91 Å². The van der Waals surface area contributed by atoms with Crippen LogP contribution >= 0.6 is 12.6 Å². The first-order chi connectivity index (χ1) is 9.28. The van der Waals surface area contributed by atoms with Gasteiger partial charge in [0.15, 0.2) is 0 Å². The number of thiol groups is 1. The van der Waals surface area contributed by atoms with Crippen LogP contribution in [0.2, 0.25) is 0 Å². The molecule has 0 aromatic rings. The van der Waals surface area contributed by atoms with E-state index in [0.29, 0.717) is 12.3 Å². The van der Waals surface area contributed by atoms with Crippen molar-refractivity contribution in [3.05, 3.63) is 0 Å². The number of rotatable bonds is 6. The van der Waals surface area contributed by atoms with Gasteiger partial charge in [-0.3, -0.25) is 9.69 Å². The highest BCUT2D eigenvalue weighted by molar-refractivity contribution is 7.80. The predicted octanol–water partition coefficient (Wildman–Crippen LogP) is 2.25. The summed E-state index contributed by atoms with van der Waals surface area (Å²) in [6, 6.07) is 0. The number of piperazine rings is 1. The topological polar surface area (TPSA) is 32.8 Å². The van der Waals surface area contributed by atoms with Gasteiger partial charge in [-0.05, 0) is 18.8 Å². The van der Waals surface area contributed by atoms with Gasteiger partial charge < -0.3 is 9.64 Å². The molecule has 1 fully saturated rings. The van der Waals surface area contributed by atoms with Crippen molar-refractivity contribution < 1.29 is 9.53 Å². The lowest BCUT2D eigenvalue weighted by atomic mass is 9.91. The van der Waals surface area contributed by atoms with Gasteiger partial charge in [-0.2, -0.15) is 0 Å². The molecule has 0 saturated carbocycles. The summed E-state index contributed by atoms with van der Waals surface area (Å²) in [7, 11) is 0. The minimum absolute atomic E-state index is 0.0156. The van der Waals surface area contributed by atoms with E-state index in [1.807, 2.05) is 11.8 Å². The molecule has 1 saturated heterocycles. The third-order valence-electron chi connectivity index (χ3n) is 3.38. The molecule has 20 heavy (non-hydrogen) atoms. The van der Waals surface area contributed by atoms with Crippen LogP contribution in [0.15, 0.2) is 0 Å². The molecule has 1 amide bonds. The number of ether oxygens (including phenoxy) is 1. The predicted molar refractivity (Wildman–Crippen MR) is 86.1 cm³/mol. The zero-order chi connectivity index (χ0) is 15.2. The van der Waals surface area contributed by atoms with Crippen LogP contribution in [0, 0.1) is 5.41 Å². The fraction of sp³-hybridized carbons (Fsp3) is 0.933. The van der Waals surface area contributed by atoms with E-state index in [2.05, 4.69) is 38.3 Å². The van der Waals surface area contributed by atoms with Crippen molar-refractivity contribution in [2.24, 2.45) is 5.41 Å². The maximum absolute atomic E-state index is 12.1. The highest BCUT2D eigenvalue weighted by Crippen LogP contribution is 2.20. The van der Waals surface area contributed by atoms with E-state index in [1.54, 1.807) is 0 Å². The molecule has 1 unspecified atom stereocenters. The Kier molecular flexibility index (Phi) is 7.34. The molecule has 0 aromatic heterocycles. The average molecular weight is 302 g/mol. The van der Waals surface area contributed by atoms with Gasteiger partial charge in [0.1, 0.15) is 0 Å². The molecule has 1 aliphatic heterocycles. The number of amides is 1. The Morgan fingerprint density at radius 1 is 1.25 bits per heavy atom. The monoisotopic (exact) mass is 302 g/mol. The summed E-state index contributed by atoms with van der Waals surface area (Å²) >= 11 is 4.19. The Balaban J connectivity index is 2.18. The van der Waals surface area contributed by atoms with Gasteiger partial charge in [0.25, 0.3) is 0 Å². The van der Waals surface area contributed by atoms with Crippen LogP contribution in [-0.4, -0.2) is 60.5 Å². The summed E-state index contributed by atoms with van der Waals surface area (Å²) in [4.78, 5) is 16.6. The van der Waals surface area contributed by atoms with E-state index in [9.17, 15) is 4.79 Å². The molecule has 1 heterocycles. The van der Waals surface area contributed by atoms with Crippen molar-refractivity contribution in [3.8, 4) is 0 Å². The van der Waals surface area contributed by atoms with Gasteiger partial charge in [0.05, 0.1) is 5.44 Å². The summed E-state index contributed by atoms with van der Waals surface area (Å²) in [5.74, 6) is 0.296. The highest BCUT2D eigenvalue weighted by Gasteiger charge is 2.24. The molecule has 0 aromatic carbocycles. The van der Waals surface area contributed by atoms with Gasteiger partial charge in [-0.25, -0.2) is 0 Å². The Bertz CT molecular complexity index is 295. The van der Waals surface area contributed by atoms with Gasteiger partial charge in [0, 0.05) is 45.8 Å².